The van der Waals surface area contributed by atoms with E-state index in [0.717, 1.165) is 0 Å². The molecule has 138 valence electrons. The Bertz CT molecular complexity index is 449. The molecule has 1 aliphatic rings. The zero-order valence-electron chi connectivity index (χ0n) is 15.4. The van der Waals surface area contributed by atoms with Gasteiger partial charge in [0.05, 0.1) is 0 Å². The summed E-state index contributed by atoms with van der Waals surface area (Å²) in [5, 5.41) is 2.47. The fourth-order valence-electron chi connectivity index (χ4n) is 2.42. The van der Waals surface area contributed by atoms with Crippen molar-refractivity contribution in [3.8, 4) is 0 Å². The first-order valence-electron chi connectivity index (χ1n) is 8.46. The summed E-state index contributed by atoms with van der Waals surface area (Å²) in [7, 11) is 0. The van der Waals surface area contributed by atoms with E-state index in [9.17, 15) is 14.4 Å². The first-order valence-corrected chi connectivity index (χ1v) is 8.46. The van der Waals surface area contributed by atoms with E-state index in [1.165, 1.54) is 0 Å². The summed E-state index contributed by atoms with van der Waals surface area (Å²) in [6.07, 6.45) is -0.605. The number of carbonyl (C=O) groups excluding carboxylic acids is 3. The number of amides is 4. The number of rotatable bonds is 4. The largest absolute Gasteiger partial charge is 0.444 e. The zero-order chi connectivity index (χ0) is 18.3. The zero-order valence-corrected chi connectivity index (χ0v) is 15.4. The Hall–Kier alpha value is -1.99. The van der Waals surface area contributed by atoms with Crippen molar-refractivity contribution in [2.45, 2.75) is 40.2 Å². The summed E-state index contributed by atoms with van der Waals surface area (Å²) < 4.78 is 5.10. The minimum atomic E-state index is -0.605. The van der Waals surface area contributed by atoms with Crippen LogP contribution in [0.15, 0.2) is 0 Å². The Morgan fingerprint density at radius 3 is 1.96 bits per heavy atom. The molecule has 0 atom stereocenters. The molecule has 1 rings (SSSR count). The van der Waals surface area contributed by atoms with Crippen LogP contribution in [0.3, 0.4) is 0 Å². The van der Waals surface area contributed by atoms with Crippen LogP contribution in [0.25, 0.3) is 0 Å². The number of urea groups is 1. The van der Waals surface area contributed by atoms with Crippen LogP contribution in [-0.4, -0.2) is 84.1 Å². The quantitative estimate of drug-likeness (QED) is 0.830. The molecule has 1 heterocycles. The van der Waals surface area contributed by atoms with Crippen LogP contribution in [-0.2, 0) is 9.53 Å². The van der Waals surface area contributed by atoms with Gasteiger partial charge in [-0.15, -0.1) is 0 Å². The molecule has 24 heavy (non-hydrogen) atoms. The summed E-state index contributed by atoms with van der Waals surface area (Å²) in [6, 6.07) is 0.0129. The molecule has 0 bridgehead atoms. The van der Waals surface area contributed by atoms with Gasteiger partial charge in [0.1, 0.15) is 12.1 Å². The summed E-state index contributed by atoms with van der Waals surface area (Å²) in [4.78, 5) is 41.1. The normalized spacial score (nSPS) is 15.0. The van der Waals surface area contributed by atoms with E-state index in [1.54, 1.807) is 35.5 Å². The van der Waals surface area contributed by atoms with Gasteiger partial charge in [0.15, 0.2) is 0 Å². The third kappa shape index (κ3) is 6.25. The molecule has 0 aromatic heterocycles. The SMILES string of the molecule is CCN(CC)C(=O)N1CCN(C(=O)CNC(=O)OC(C)(C)C)CC1. The van der Waals surface area contributed by atoms with Crippen molar-refractivity contribution in [3.63, 3.8) is 0 Å². The lowest BCUT2D eigenvalue weighted by Crippen LogP contribution is -2.55. The Labute approximate surface area is 144 Å². The predicted octanol–water partition coefficient (Wildman–Crippen LogP) is 1.12. The molecule has 1 aliphatic heterocycles. The second-order valence-corrected chi connectivity index (χ2v) is 6.68. The average molecular weight is 342 g/mol. The number of alkyl carbamates (subject to hydrolysis) is 1. The van der Waals surface area contributed by atoms with Gasteiger partial charge >= 0.3 is 12.1 Å². The highest BCUT2D eigenvalue weighted by Crippen LogP contribution is 2.07. The summed E-state index contributed by atoms with van der Waals surface area (Å²) in [5.41, 5.74) is -0.594. The number of hydrogen-bond acceptors (Lipinski definition) is 4. The second kappa shape index (κ2) is 8.75. The van der Waals surface area contributed by atoms with E-state index < -0.39 is 11.7 Å². The van der Waals surface area contributed by atoms with Gasteiger partial charge in [0.2, 0.25) is 5.91 Å². The number of nitrogens with zero attached hydrogens (tertiary/aromatic N) is 3. The van der Waals surface area contributed by atoms with Crippen molar-refractivity contribution in [2.24, 2.45) is 0 Å². The molecule has 0 aromatic carbocycles. The molecule has 0 radical (unpaired) electrons. The van der Waals surface area contributed by atoms with Crippen molar-refractivity contribution in [1.29, 1.82) is 0 Å². The van der Waals surface area contributed by atoms with Gasteiger partial charge in [0, 0.05) is 39.3 Å². The van der Waals surface area contributed by atoms with Crippen LogP contribution in [0.1, 0.15) is 34.6 Å². The van der Waals surface area contributed by atoms with Crippen molar-refractivity contribution in [2.75, 3.05) is 45.8 Å². The molecule has 4 amide bonds. The van der Waals surface area contributed by atoms with Gasteiger partial charge in [-0.1, -0.05) is 0 Å². The standard InChI is InChI=1S/C16H30N4O4/c1-6-18(7-2)15(23)20-10-8-19(9-11-20)13(21)12-17-14(22)24-16(3,4)5/h6-12H2,1-5H3,(H,17,22). The molecule has 8 nitrogen and oxygen atoms in total. The monoisotopic (exact) mass is 342 g/mol. The Morgan fingerprint density at radius 2 is 1.50 bits per heavy atom. The smallest absolute Gasteiger partial charge is 0.408 e. The molecule has 8 heteroatoms. The Kier molecular flexibility index (Phi) is 7.31. The molecule has 0 aliphatic carbocycles. The Morgan fingerprint density at radius 1 is 1.00 bits per heavy atom. The maximum absolute atomic E-state index is 12.3. The first-order chi connectivity index (χ1) is 11.2. The van der Waals surface area contributed by atoms with Crippen LogP contribution in [0.5, 0.6) is 0 Å². The van der Waals surface area contributed by atoms with Crippen LogP contribution in [0.4, 0.5) is 9.59 Å². The molecule has 0 unspecified atom stereocenters. The highest BCUT2D eigenvalue weighted by molar-refractivity contribution is 5.82. The van der Waals surface area contributed by atoms with Gasteiger partial charge in [-0.05, 0) is 34.6 Å². The molecular weight excluding hydrogens is 312 g/mol. The topological polar surface area (TPSA) is 82.2 Å². The average Bonchev–Trinajstić information content (AvgIpc) is 2.52. The highest BCUT2D eigenvalue weighted by Gasteiger charge is 2.26. The van der Waals surface area contributed by atoms with E-state index in [-0.39, 0.29) is 18.5 Å². The Balaban J connectivity index is 2.38. The van der Waals surface area contributed by atoms with Crippen LogP contribution in [0, 0.1) is 0 Å². The van der Waals surface area contributed by atoms with Gasteiger partial charge in [-0.25, -0.2) is 9.59 Å². The van der Waals surface area contributed by atoms with E-state index in [2.05, 4.69) is 5.32 Å². The maximum Gasteiger partial charge on any atom is 0.408 e. The molecule has 0 saturated carbocycles. The number of ether oxygens (including phenoxy) is 1. The van der Waals surface area contributed by atoms with Gasteiger partial charge < -0.3 is 24.8 Å². The van der Waals surface area contributed by atoms with E-state index >= 15 is 0 Å². The predicted molar refractivity (Wildman–Crippen MR) is 90.7 cm³/mol. The van der Waals surface area contributed by atoms with Crippen molar-refractivity contribution >= 4 is 18.0 Å². The highest BCUT2D eigenvalue weighted by atomic mass is 16.6. The molecule has 1 N–H and O–H groups in total. The van der Waals surface area contributed by atoms with Crippen molar-refractivity contribution in [1.82, 2.24) is 20.0 Å². The minimum Gasteiger partial charge on any atom is -0.444 e. The molecule has 0 spiro atoms. The molecule has 1 fully saturated rings. The van der Waals surface area contributed by atoms with Crippen LogP contribution < -0.4 is 5.32 Å². The molecule has 1 saturated heterocycles. The third-order valence-electron chi connectivity index (χ3n) is 3.72. The van der Waals surface area contributed by atoms with Gasteiger partial charge in [-0.2, -0.15) is 0 Å². The lowest BCUT2D eigenvalue weighted by Gasteiger charge is -2.37. The molecule has 0 aromatic rings. The number of piperazine rings is 1. The van der Waals surface area contributed by atoms with E-state index in [1.807, 2.05) is 13.8 Å². The lowest BCUT2D eigenvalue weighted by atomic mass is 10.2. The third-order valence-corrected chi connectivity index (χ3v) is 3.72. The maximum atomic E-state index is 12.3. The summed E-state index contributed by atoms with van der Waals surface area (Å²) in [6.45, 7) is 12.4. The van der Waals surface area contributed by atoms with Crippen molar-refractivity contribution in [3.05, 3.63) is 0 Å². The van der Waals surface area contributed by atoms with Crippen LogP contribution in [0.2, 0.25) is 0 Å². The van der Waals surface area contributed by atoms with Gasteiger partial charge in [-0.3, -0.25) is 4.79 Å². The van der Waals surface area contributed by atoms with Gasteiger partial charge in [0.25, 0.3) is 0 Å². The number of hydrogen-bond donors (Lipinski definition) is 1. The van der Waals surface area contributed by atoms with Crippen molar-refractivity contribution < 1.29 is 19.1 Å². The summed E-state index contributed by atoms with van der Waals surface area (Å²) >= 11 is 0. The first kappa shape index (κ1) is 20.1. The van der Waals surface area contributed by atoms with Crippen LogP contribution >= 0.6 is 0 Å². The summed E-state index contributed by atoms with van der Waals surface area (Å²) in [5.74, 6) is -0.171. The second-order valence-electron chi connectivity index (χ2n) is 6.68. The van der Waals surface area contributed by atoms with E-state index in [0.29, 0.717) is 39.3 Å². The fraction of sp³-hybridized carbons (Fsp3) is 0.812. The number of carbonyl (C=O) groups is 3. The molecular formula is C16H30N4O4. The lowest BCUT2D eigenvalue weighted by molar-refractivity contribution is -0.131. The number of nitrogens with one attached hydrogen (secondary N) is 1. The minimum absolute atomic E-state index is 0.0129. The fourth-order valence-corrected chi connectivity index (χ4v) is 2.42. The van der Waals surface area contributed by atoms with E-state index in [4.69, 9.17) is 4.74 Å².